The summed E-state index contributed by atoms with van der Waals surface area (Å²) in [7, 11) is 0. The Kier molecular flexibility index (Phi) is 4.16. The lowest BCUT2D eigenvalue weighted by molar-refractivity contribution is 0.0928. The summed E-state index contributed by atoms with van der Waals surface area (Å²) in [5.74, 6) is 0.136. The molecule has 0 fully saturated rings. The number of hydrogen-bond acceptors (Lipinski definition) is 2. The Morgan fingerprint density at radius 2 is 1.76 bits per heavy atom. The van der Waals surface area contributed by atoms with E-state index in [9.17, 15) is 4.79 Å². The number of furan rings is 1. The topological polar surface area (TPSA) is 42.2 Å². The third-order valence-corrected chi connectivity index (χ3v) is 4.51. The van der Waals surface area contributed by atoms with E-state index in [1.165, 1.54) is 0 Å². The van der Waals surface area contributed by atoms with Gasteiger partial charge in [0.05, 0.1) is 0 Å². The highest BCUT2D eigenvalue weighted by Gasteiger charge is 2.13. The number of nitrogens with one attached hydrogen (secondary N) is 1. The zero-order chi connectivity index (χ0) is 17.2. The summed E-state index contributed by atoms with van der Waals surface area (Å²) in [5.41, 5.74) is 1.85. The van der Waals surface area contributed by atoms with E-state index in [4.69, 9.17) is 16.0 Å². The Labute approximate surface area is 150 Å². The Hall–Kier alpha value is -2.78. The fourth-order valence-electron chi connectivity index (χ4n) is 2.96. The highest BCUT2D eigenvalue weighted by Crippen LogP contribution is 2.28. The Bertz CT molecular complexity index is 1050. The van der Waals surface area contributed by atoms with E-state index < -0.39 is 0 Å². The van der Waals surface area contributed by atoms with Crippen LogP contribution in [0.2, 0.25) is 5.02 Å². The predicted octanol–water partition coefficient (Wildman–Crippen LogP) is 5.21. The molecule has 4 aromatic rings. The summed E-state index contributed by atoms with van der Waals surface area (Å²) >= 11 is 5.87. The number of halogens is 1. The van der Waals surface area contributed by atoms with E-state index in [-0.39, 0.29) is 5.91 Å². The molecule has 25 heavy (non-hydrogen) atoms. The average Bonchev–Trinajstić information content (AvgIpc) is 3.08. The van der Waals surface area contributed by atoms with Gasteiger partial charge in [-0.3, -0.25) is 4.79 Å². The number of fused-ring (bicyclic) bond motifs is 3. The minimum Gasteiger partial charge on any atom is -0.451 e. The molecule has 0 aliphatic rings. The first-order valence-corrected chi connectivity index (χ1v) is 8.52. The Morgan fingerprint density at radius 3 is 2.60 bits per heavy atom. The second kappa shape index (κ2) is 6.61. The smallest absolute Gasteiger partial charge is 0.287 e. The maximum atomic E-state index is 12.4. The van der Waals surface area contributed by atoms with Gasteiger partial charge in [-0.05, 0) is 47.0 Å². The molecule has 3 aromatic carbocycles. The molecule has 1 N–H and O–H groups in total. The van der Waals surface area contributed by atoms with Crippen LogP contribution in [-0.2, 0) is 6.42 Å². The van der Waals surface area contributed by atoms with Gasteiger partial charge in [0.25, 0.3) is 5.91 Å². The molecule has 124 valence electrons. The van der Waals surface area contributed by atoms with Gasteiger partial charge in [0.2, 0.25) is 0 Å². The molecule has 0 radical (unpaired) electrons. The standard InChI is InChI=1S/C21H16ClNO2/c22-16-8-5-14(6-9-16)11-12-23-21(24)20-13-18-17-4-2-1-3-15(17)7-10-19(18)25-20/h1-10,13H,11-12H2,(H,23,24). The Morgan fingerprint density at radius 1 is 0.960 bits per heavy atom. The van der Waals surface area contributed by atoms with Crippen LogP contribution in [0.3, 0.4) is 0 Å². The van der Waals surface area contributed by atoms with Gasteiger partial charge in [0.15, 0.2) is 5.76 Å². The van der Waals surface area contributed by atoms with E-state index >= 15 is 0 Å². The van der Waals surface area contributed by atoms with Crippen LogP contribution in [0, 0.1) is 0 Å². The van der Waals surface area contributed by atoms with Crippen LogP contribution >= 0.6 is 11.6 Å². The first kappa shape index (κ1) is 15.7. The van der Waals surface area contributed by atoms with Crippen molar-refractivity contribution in [1.82, 2.24) is 5.32 Å². The first-order valence-electron chi connectivity index (χ1n) is 8.15. The van der Waals surface area contributed by atoms with Crippen molar-refractivity contribution in [3.8, 4) is 0 Å². The van der Waals surface area contributed by atoms with Gasteiger partial charge in [-0.15, -0.1) is 0 Å². The normalized spacial score (nSPS) is 11.1. The number of rotatable bonds is 4. The largest absolute Gasteiger partial charge is 0.451 e. The van der Waals surface area contributed by atoms with Crippen LogP contribution in [0.5, 0.6) is 0 Å². The van der Waals surface area contributed by atoms with Crippen LogP contribution < -0.4 is 5.32 Å². The van der Waals surface area contributed by atoms with Crippen molar-refractivity contribution in [2.24, 2.45) is 0 Å². The lowest BCUT2D eigenvalue weighted by atomic mass is 10.1. The minimum atomic E-state index is -0.200. The molecular weight excluding hydrogens is 334 g/mol. The average molecular weight is 350 g/mol. The summed E-state index contributed by atoms with van der Waals surface area (Å²) in [4.78, 5) is 12.4. The fourth-order valence-corrected chi connectivity index (χ4v) is 3.09. The molecule has 0 bridgehead atoms. The van der Waals surface area contributed by atoms with Gasteiger partial charge in [0.1, 0.15) is 5.58 Å². The zero-order valence-corrected chi connectivity index (χ0v) is 14.2. The van der Waals surface area contributed by atoms with Crippen molar-refractivity contribution in [3.63, 3.8) is 0 Å². The van der Waals surface area contributed by atoms with Gasteiger partial charge in [-0.2, -0.15) is 0 Å². The summed E-state index contributed by atoms with van der Waals surface area (Å²) in [6.07, 6.45) is 0.742. The summed E-state index contributed by atoms with van der Waals surface area (Å²) in [5, 5.41) is 6.79. The summed E-state index contributed by atoms with van der Waals surface area (Å²) < 4.78 is 5.73. The number of benzene rings is 3. The van der Waals surface area contributed by atoms with E-state index in [1.54, 1.807) is 0 Å². The zero-order valence-electron chi connectivity index (χ0n) is 13.5. The summed E-state index contributed by atoms with van der Waals surface area (Å²) in [6.45, 7) is 0.540. The molecule has 0 saturated carbocycles. The number of carbonyl (C=O) groups is 1. The maximum absolute atomic E-state index is 12.4. The second-order valence-electron chi connectivity index (χ2n) is 5.94. The van der Waals surface area contributed by atoms with E-state index in [0.29, 0.717) is 17.3 Å². The molecule has 0 saturated heterocycles. The first-order chi connectivity index (χ1) is 12.2. The highest BCUT2D eigenvalue weighted by atomic mass is 35.5. The molecule has 0 atom stereocenters. The molecular formula is C21H16ClNO2. The number of hydrogen-bond donors (Lipinski definition) is 1. The molecule has 1 aromatic heterocycles. The van der Waals surface area contributed by atoms with Gasteiger partial charge in [-0.25, -0.2) is 0 Å². The van der Waals surface area contributed by atoms with Crippen LogP contribution in [-0.4, -0.2) is 12.5 Å². The van der Waals surface area contributed by atoms with Crippen molar-refractivity contribution in [1.29, 1.82) is 0 Å². The minimum absolute atomic E-state index is 0.200. The number of carbonyl (C=O) groups excluding carboxylic acids is 1. The molecule has 0 aliphatic carbocycles. The monoisotopic (exact) mass is 349 g/mol. The van der Waals surface area contributed by atoms with Crippen molar-refractivity contribution < 1.29 is 9.21 Å². The predicted molar refractivity (Wildman–Crippen MR) is 101 cm³/mol. The third-order valence-electron chi connectivity index (χ3n) is 4.26. The molecule has 3 nitrogen and oxygen atoms in total. The number of amides is 1. The van der Waals surface area contributed by atoms with Crippen molar-refractivity contribution >= 4 is 39.2 Å². The summed E-state index contributed by atoms with van der Waals surface area (Å²) in [6, 6.07) is 21.4. The maximum Gasteiger partial charge on any atom is 0.287 e. The molecule has 4 rings (SSSR count). The van der Waals surface area contributed by atoms with Crippen LogP contribution in [0.15, 0.2) is 71.1 Å². The van der Waals surface area contributed by atoms with Crippen LogP contribution in [0.1, 0.15) is 16.1 Å². The van der Waals surface area contributed by atoms with E-state index in [2.05, 4.69) is 5.32 Å². The Balaban J connectivity index is 1.50. The lowest BCUT2D eigenvalue weighted by Gasteiger charge is -2.03. The SMILES string of the molecule is O=C(NCCc1ccc(Cl)cc1)c1cc2c(ccc3ccccc32)o1. The van der Waals surface area contributed by atoms with Crippen molar-refractivity contribution in [2.75, 3.05) is 6.54 Å². The van der Waals surface area contributed by atoms with Gasteiger partial charge in [-0.1, -0.05) is 54.1 Å². The second-order valence-corrected chi connectivity index (χ2v) is 6.38. The molecule has 0 unspecified atom stereocenters. The third kappa shape index (κ3) is 3.24. The van der Waals surface area contributed by atoms with E-state index in [1.807, 2.05) is 66.7 Å². The molecule has 4 heteroatoms. The molecule has 0 aliphatic heterocycles. The van der Waals surface area contributed by atoms with Crippen molar-refractivity contribution in [3.05, 3.63) is 83.1 Å². The van der Waals surface area contributed by atoms with Gasteiger partial charge >= 0.3 is 0 Å². The fraction of sp³-hybridized carbons (Fsp3) is 0.0952. The van der Waals surface area contributed by atoms with Gasteiger partial charge < -0.3 is 9.73 Å². The van der Waals surface area contributed by atoms with E-state index in [0.717, 1.165) is 33.7 Å². The molecule has 0 spiro atoms. The van der Waals surface area contributed by atoms with Crippen molar-refractivity contribution in [2.45, 2.75) is 6.42 Å². The lowest BCUT2D eigenvalue weighted by Crippen LogP contribution is -2.25. The van der Waals surface area contributed by atoms with Crippen LogP contribution in [0.25, 0.3) is 21.7 Å². The molecule has 1 heterocycles. The van der Waals surface area contributed by atoms with Gasteiger partial charge in [0, 0.05) is 17.0 Å². The highest BCUT2D eigenvalue weighted by molar-refractivity contribution is 6.30. The molecule has 1 amide bonds. The van der Waals surface area contributed by atoms with Crippen LogP contribution in [0.4, 0.5) is 0 Å². The quantitative estimate of drug-likeness (QED) is 0.549.